The average molecular weight is 507 g/mol. The first-order chi connectivity index (χ1) is 15.9. The summed E-state index contributed by atoms with van der Waals surface area (Å²) in [5, 5.41) is 11.1. The Hall–Kier alpha value is -2.83. The van der Waals surface area contributed by atoms with Gasteiger partial charge in [-0.15, -0.1) is 10.2 Å². The number of carbonyl (C=O) groups excluding carboxylic acids is 1. The van der Waals surface area contributed by atoms with Crippen molar-refractivity contribution in [2.45, 2.75) is 28.7 Å². The number of carbonyl (C=O) groups is 1. The van der Waals surface area contributed by atoms with Gasteiger partial charge in [-0.25, -0.2) is 8.42 Å². The molecule has 1 amide bonds. The van der Waals surface area contributed by atoms with E-state index in [9.17, 15) is 13.2 Å². The van der Waals surface area contributed by atoms with Crippen molar-refractivity contribution in [1.82, 2.24) is 10.2 Å². The molecule has 33 heavy (non-hydrogen) atoms. The van der Waals surface area contributed by atoms with E-state index in [4.69, 9.17) is 9.47 Å². The Bertz CT molecular complexity index is 1230. The molecule has 3 aromatic rings. The van der Waals surface area contributed by atoms with Gasteiger partial charge in [-0.05, 0) is 42.8 Å². The molecule has 0 radical (unpaired) electrons. The van der Waals surface area contributed by atoms with E-state index in [1.165, 1.54) is 34.9 Å². The van der Waals surface area contributed by atoms with Crippen molar-refractivity contribution < 1.29 is 22.7 Å². The predicted molar refractivity (Wildman–Crippen MR) is 128 cm³/mol. The van der Waals surface area contributed by atoms with E-state index in [0.717, 1.165) is 16.5 Å². The van der Waals surface area contributed by atoms with Crippen molar-refractivity contribution in [3.8, 4) is 11.5 Å². The molecule has 0 aliphatic carbocycles. The lowest BCUT2D eigenvalue weighted by atomic mass is 10.2. The second kappa shape index (κ2) is 9.98. The van der Waals surface area contributed by atoms with Crippen LogP contribution >= 0.6 is 23.1 Å². The molecule has 12 heteroatoms. The Kier molecular flexibility index (Phi) is 7.05. The van der Waals surface area contributed by atoms with Crippen LogP contribution in [0.2, 0.25) is 0 Å². The normalized spacial score (nSPS) is 15.5. The maximum Gasteiger partial charge on any atom is 0.269 e. The van der Waals surface area contributed by atoms with Crippen LogP contribution in [0.4, 0.5) is 10.8 Å². The fraction of sp³-hybridized carbons (Fsp3) is 0.286. The van der Waals surface area contributed by atoms with Gasteiger partial charge in [-0.3, -0.25) is 14.4 Å². The van der Waals surface area contributed by atoms with Crippen molar-refractivity contribution in [1.29, 1.82) is 0 Å². The van der Waals surface area contributed by atoms with E-state index in [2.05, 4.69) is 22.4 Å². The number of rotatable bonds is 8. The number of hydrogen-bond acceptors (Lipinski definition) is 9. The van der Waals surface area contributed by atoms with Crippen LogP contribution in [0.1, 0.15) is 13.3 Å². The van der Waals surface area contributed by atoms with Crippen molar-refractivity contribution in [3.63, 3.8) is 0 Å². The van der Waals surface area contributed by atoms with Gasteiger partial charge >= 0.3 is 0 Å². The van der Waals surface area contributed by atoms with Crippen molar-refractivity contribution in [2.75, 3.05) is 29.0 Å². The van der Waals surface area contributed by atoms with E-state index in [-0.39, 0.29) is 11.4 Å². The number of hydrogen-bond donors (Lipinski definition) is 1. The third kappa shape index (κ3) is 5.07. The summed E-state index contributed by atoms with van der Waals surface area (Å²) in [7, 11) is -2.45. The fourth-order valence-electron chi connectivity index (χ4n) is 3.14. The third-order valence-corrected chi connectivity index (χ3v) is 8.71. The SMILES string of the molecule is CCCSc1nnc(NC(=O)[C@H]2CN(S(=O)(=O)c3ccc(OC)cc3)c3ccccc3O2)s1. The summed E-state index contributed by atoms with van der Waals surface area (Å²) in [6, 6.07) is 12.8. The smallest absolute Gasteiger partial charge is 0.269 e. The van der Waals surface area contributed by atoms with Gasteiger partial charge in [0.25, 0.3) is 15.9 Å². The molecule has 1 N–H and O–H groups in total. The lowest BCUT2D eigenvalue weighted by molar-refractivity contribution is -0.122. The maximum absolute atomic E-state index is 13.5. The van der Waals surface area contributed by atoms with Crippen LogP contribution in [0.15, 0.2) is 57.8 Å². The van der Waals surface area contributed by atoms with Crippen molar-refractivity contribution in [3.05, 3.63) is 48.5 Å². The molecule has 1 aliphatic heterocycles. The molecule has 174 valence electrons. The molecule has 1 atom stereocenters. The quantitative estimate of drug-likeness (QED) is 0.364. The Morgan fingerprint density at radius 1 is 1.24 bits per heavy atom. The second-order valence-corrected chi connectivity index (χ2v) is 11.2. The number of thioether (sulfide) groups is 1. The monoisotopic (exact) mass is 506 g/mol. The van der Waals surface area contributed by atoms with Gasteiger partial charge in [-0.1, -0.05) is 42.2 Å². The third-order valence-electron chi connectivity index (χ3n) is 4.74. The number of nitrogens with zero attached hydrogens (tertiary/aromatic N) is 3. The number of ether oxygens (including phenoxy) is 2. The van der Waals surface area contributed by atoms with Crippen LogP contribution in [-0.2, 0) is 14.8 Å². The van der Waals surface area contributed by atoms with Crippen LogP contribution in [-0.4, -0.2) is 50.0 Å². The van der Waals surface area contributed by atoms with Crippen LogP contribution in [0.25, 0.3) is 0 Å². The highest BCUT2D eigenvalue weighted by atomic mass is 32.2. The Morgan fingerprint density at radius 3 is 2.73 bits per heavy atom. The summed E-state index contributed by atoms with van der Waals surface area (Å²) in [5.41, 5.74) is 0.367. The van der Waals surface area contributed by atoms with Crippen LogP contribution in [0.5, 0.6) is 11.5 Å². The molecule has 0 saturated heterocycles. The fourth-order valence-corrected chi connectivity index (χ4v) is 6.29. The summed E-state index contributed by atoms with van der Waals surface area (Å²) < 4.78 is 39.8. The summed E-state index contributed by atoms with van der Waals surface area (Å²) in [4.78, 5) is 13.0. The Balaban J connectivity index is 1.58. The molecule has 1 aromatic heterocycles. The number of fused-ring (bicyclic) bond motifs is 1. The van der Waals surface area contributed by atoms with E-state index >= 15 is 0 Å². The van der Waals surface area contributed by atoms with Crippen molar-refractivity contribution in [2.24, 2.45) is 0 Å². The molecule has 0 spiro atoms. The van der Waals surface area contributed by atoms with Gasteiger partial charge in [0.05, 0.1) is 24.2 Å². The number of para-hydroxylation sites is 2. The minimum absolute atomic E-state index is 0.0841. The van der Waals surface area contributed by atoms with E-state index in [1.54, 1.807) is 48.2 Å². The molecular formula is C21H22N4O5S3. The largest absolute Gasteiger partial charge is 0.497 e. The number of amides is 1. The summed E-state index contributed by atoms with van der Waals surface area (Å²) >= 11 is 2.83. The zero-order valence-electron chi connectivity index (χ0n) is 17.9. The molecule has 0 bridgehead atoms. The molecule has 2 heterocycles. The summed E-state index contributed by atoms with van der Waals surface area (Å²) in [5.74, 6) is 1.26. The van der Waals surface area contributed by atoms with Crippen LogP contribution in [0.3, 0.4) is 0 Å². The van der Waals surface area contributed by atoms with Gasteiger partial charge in [0.2, 0.25) is 5.13 Å². The molecule has 0 saturated carbocycles. The number of benzene rings is 2. The molecule has 0 fully saturated rings. The van der Waals surface area contributed by atoms with E-state index in [1.807, 2.05) is 0 Å². The standard InChI is InChI=1S/C21H22N4O5S3/c1-3-12-31-21-24-23-20(32-21)22-19(26)18-13-25(16-6-4-5-7-17(16)30-18)33(27,28)15-10-8-14(29-2)9-11-15/h4-11,18H,3,12-13H2,1-2H3,(H,22,23,26)/t18-/m1/s1. The lowest BCUT2D eigenvalue weighted by Crippen LogP contribution is -2.48. The minimum atomic E-state index is -3.96. The molecule has 2 aromatic carbocycles. The summed E-state index contributed by atoms with van der Waals surface area (Å²) in [6.45, 7) is 1.88. The zero-order valence-corrected chi connectivity index (χ0v) is 20.4. The number of methoxy groups -OCH3 is 1. The van der Waals surface area contributed by atoms with E-state index in [0.29, 0.717) is 22.3 Å². The van der Waals surface area contributed by atoms with Crippen LogP contribution < -0.4 is 19.1 Å². The van der Waals surface area contributed by atoms with Gasteiger partial charge in [0, 0.05) is 5.75 Å². The highest BCUT2D eigenvalue weighted by molar-refractivity contribution is 8.01. The lowest BCUT2D eigenvalue weighted by Gasteiger charge is -2.34. The van der Waals surface area contributed by atoms with Gasteiger partial charge < -0.3 is 9.47 Å². The van der Waals surface area contributed by atoms with Crippen LogP contribution in [0, 0.1) is 0 Å². The zero-order chi connectivity index (χ0) is 23.4. The second-order valence-electron chi connectivity index (χ2n) is 7.00. The molecule has 0 unspecified atom stereocenters. The highest BCUT2D eigenvalue weighted by Gasteiger charge is 2.37. The van der Waals surface area contributed by atoms with E-state index < -0.39 is 22.0 Å². The Labute approximate surface area is 200 Å². The average Bonchev–Trinajstić information content (AvgIpc) is 3.29. The van der Waals surface area contributed by atoms with Gasteiger partial charge in [0.15, 0.2) is 10.4 Å². The first kappa shape index (κ1) is 23.3. The molecular weight excluding hydrogens is 484 g/mol. The number of sulfonamides is 1. The van der Waals surface area contributed by atoms with Crippen molar-refractivity contribution >= 4 is 49.8 Å². The molecule has 1 aliphatic rings. The predicted octanol–water partition coefficient (Wildman–Crippen LogP) is 3.64. The number of nitrogens with one attached hydrogen (secondary N) is 1. The first-order valence-electron chi connectivity index (χ1n) is 10.1. The number of anilines is 2. The minimum Gasteiger partial charge on any atom is -0.497 e. The topological polar surface area (TPSA) is 111 Å². The van der Waals surface area contributed by atoms with Gasteiger partial charge in [0.1, 0.15) is 11.5 Å². The summed E-state index contributed by atoms with van der Waals surface area (Å²) in [6.07, 6.45) is -0.0664. The maximum atomic E-state index is 13.5. The number of aromatic nitrogens is 2. The highest BCUT2D eigenvalue weighted by Crippen LogP contribution is 2.37. The molecule has 9 nitrogen and oxygen atoms in total. The Morgan fingerprint density at radius 2 is 2.00 bits per heavy atom. The van der Waals surface area contributed by atoms with Gasteiger partial charge in [-0.2, -0.15) is 0 Å². The first-order valence-corrected chi connectivity index (χ1v) is 13.4. The molecule has 4 rings (SSSR count).